The fraction of sp³-hybridized carbons (Fsp3) is 0.0667. The number of rotatable bonds is 3. The lowest BCUT2D eigenvalue weighted by Crippen LogP contribution is -1.86. The highest BCUT2D eigenvalue weighted by Crippen LogP contribution is 2.26. The molecule has 18 heavy (non-hydrogen) atoms. The third-order valence-corrected chi connectivity index (χ3v) is 3.86. The summed E-state index contributed by atoms with van der Waals surface area (Å²) in [5, 5.41) is 2.45. The van der Waals surface area contributed by atoms with Gasteiger partial charge in [-0.05, 0) is 29.8 Å². The summed E-state index contributed by atoms with van der Waals surface area (Å²) in [6.45, 7) is 0. The Bertz CT molecular complexity index is 640. The molecule has 0 saturated carbocycles. The summed E-state index contributed by atoms with van der Waals surface area (Å²) >= 11 is 1.80. The van der Waals surface area contributed by atoms with E-state index < -0.39 is 0 Å². The van der Waals surface area contributed by atoms with Gasteiger partial charge in [0.05, 0.1) is 5.03 Å². The van der Waals surface area contributed by atoms with Gasteiger partial charge in [-0.1, -0.05) is 30.3 Å². The highest BCUT2D eigenvalue weighted by molar-refractivity contribution is 7.98. The van der Waals surface area contributed by atoms with Crippen molar-refractivity contribution in [2.75, 3.05) is 5.73 Å². The second-order valence-corrected chi connectivity index (χ2v) is 5.27. The Morgan fingerprint density at radius 3 is 2.72 bits per heavy atom. The zero-order chi connectivity index (χ0) is 12.4. The summed E-state index contributed by atoms with van der Waals surface area (Å²) in [7, 11) is 0. The molecule has 1 aromatic heterocycles. The monoisotopic (exact) mass is 254 g/mol. The molecule has 3 heteroatoms. The molecular weight excluding hydrogens is 240 g/mol. The van der Waals surface area contributed by atoms with Crippen molar-refractivity contribution in [1.82, 2.24) is 4.98 Å². The fourth-order valence-corrected chi connectivity index (χ4v) is 2.86. The van der Waals surface area contributed by atoms with Gasteiger partial charge >= 0.3 is 0 Å². The van der Waals surface area contributed by atoms with Gasteiger partial charge in [0.1, 0.15) is 0 Å². The SMILES string of the molecule is Nc1cccc(CSc2cc3ccccc3[nH]2)c1. The zero-order valence-electron chi connectivity index (χ0n) is 9.89. The van der Waals surface area contributed by atoms with Gasteiger partial charge < -0.3 is 10.7 Å². The number of H-pyrrole nitrogens is 1. The van der Waals surface area contributed by atoms with Crippen molar-refractivity contribution >= 4 is 28.4 Å². The number of nitrogens with two attached hydrogens (primary N) is 1. The van der Waals surface area contributed by atoms with Crippen LogP contribution in [0.2, 0.25) is 0 Å². The average Bonchev–Trinajstić information content (AvgIpc) is 2.79. The normalized spacial score (nSPS) is 10.9. The first-order valence-electron chi connectivity index (χ1n) is 5.86. The molecule has 1 heterocycles. The molecule has 0 radical (unpaired) electrons. The molecule has 90 valence electrons. The molecule has 3 aromatic rings. The summed E-state index contributed by atoms with van der Waals surface area (Å²) in [6, 6.07) is 18.5. The molecular formula is C15H14N2S. The third-order valence-electron chi connectivity index (χ3n) is 2.85. The number of benzene rings is 2. The van der Waals surface area contributed by atoms with Crippen LogP contribution < -0.4 is 5.73 Å². The quantitative estimate of drug-likeness (QED) is 0.547. The Hall–Kier alpha value is -1.87. The number of anilines is 1. The van der Waals surface area contributed by atoms with E-state index >= 15 is 0 Å². The first-order valence-corrected chi connectivity index (χ1v) is 6.85. The van der Waals surface area contributed by atoms with Crippen molar-refractivity contribution in [2.24, 2.45) is 0 Å². The van der Waals surface area contributed by atoms with E-state index in [4.69, 9.17) is 5.73 Å². The van der Waals surface area contributed by atoms with Gasteiger partial charge in [0.2, 0.25) is 0 Å². The first-order chi connectivity index (χ1) is 8.81. The van der Waals surface area contributed by atoms with Gasteiger partial charge in [0.15, 0.2) is 0 Å². The van der Waals surface area contributed by atoms with Crippen LogP contribution in [0.3, 0.4) is 0 Å². The van der Waals surface area contributed by atoms with Crippen LogP contribution in [0.1, 0.15) is 5.56 Å². The van der Waals surface area contributed by atoms with E-state index in [-0.39, 0.29) is 0 Å². The van der Waals surface area contributed by atoms with Crippen molar-refractivity contribution in [3.8, 4) is 0 Å². The molecule has 3 N–H and O–H groups in total. The second-order valence-electron chi connectivity index (χ2n) is 4.25. The number of nitrogens with one attached hydrogen (secondary N) is 1. The van der Waals surface area contributed by atoms with Crippen LogP contribution in [0.25, 0.3) is 10.9 Å². The Morgan fingerprint density at radius 1 is 1.00 bits per heavy atom. The summed E-state index contributed by atoms with van der Waals surface area (Å²) in [5.74, 6) is 0.928. The number of fused-ring (bicyclic) bond motifs is 1. The van der Waals surface area contributed by atoms with Crippen LogP contribution in [0.4, 0.5) is 5.69 Å². The minimum absolute atomic E-state index is 0.824. The summed E-state index contributed by atoms with van der Waals surface area (Å²) in [6.07, 6.45) is 0. The smallest absolute Gasteiger partial charge is 0.0735 e. The lowest BCUT2D eigenvalue weighted by atomic mass is 10.2. The molecule has 2 nitrogen and oxygen atoms in total. The van der Waals surface area contributed by atoms with E-state index in [0.717, 1.165) is 11.4 Å². The van der Waals surface area contributed by atoms with Gasteiger partial charge in [-0.2, -0.15) is 0 Å². The predicted molar refractivity (Wildman–Crippen MR) is 78.7 cm³/mol. The molecule has 0 aliphatic carbocycles. The van der Waals surface area contributed by atoms with Crippen LogP contribution in [-0.4, -0.2) is 4.98 Å². The standard InChI is InChI=1S/C15H14N2S/c16-13-6-3-4-11(8-13)10-18-15-9-12-5-1-2-7-14(12)17-15/h1-9,17H,10,16H2. The molecule has 2 aromatic carbocycles. The molecule has 0 aliphatic heterocycles. The van der Waals surface area contributed by atoms with Crippen molar-refractivity contribution in [1.29, 1.82) is 0 Å². The van der Waals surface area contributed by atoms with Gasteiger partial charge in [0.25, 0.3) is 0 Å². The van der Waals surface area contributed by atoms with Gasteiger partial charge in [0, 0.05) is 22.3 Å². The van der Waals surface area contributed by atoms with E-state index in [1.54, 1.807) is 11.8 Å². The number of hydrogen-bond donors (Lipinski definition) is 2. The molecule has 0 saturated heterocycles. The maximum atomic E-state index is 5.77. The first kappa shape index (κ1) is 11.2. The van der Waals surface area contributed by atoms with E-state index in [2.05, 4.69) is 35.3 Å². The molecule has 0 fully saturated rings. The Labute approximate surface area is 110 Å². The number of thioether (sulfide) groups is 1. The van der Waals surface area contributed by atoms with Crippen LogP contribution in [0.5, 0.6) is 0 Å². The maximum Gasteiger partial charge on any atom is 0.0735 e. The Kier molecular flexibility index (Phi) is 2.99. The highest BCUT2D eigenvalue weighted by atomic mass is 32.2. The minimum atomic E-state index is 0.824. The van der Waals surface area contributed by atoms with Crippen molar-refractivity contribution < 1.29 is 0 Å². The molecule has 3 rings (SSSR count). The predicted octanol–water partition coefficient (Wildman–Crippen LogP) is 4.04. The van der Waals surface area contributed by atoms with Crippen molar-refractivity contribution in [3.05, 3.63) is 60.2 Å². The summed E-state index contributed by atoms with van der Waals surface area (Å²) in [4.78, 5) is 3.41. The molecule has 0 aliphatic rings. The number of hydrogen-bond acceptors (Lipinski definition) is 2. The largest absolute Gasteiger partial charge is 0.399 e. The van der Waals surface area contributed by atoms with Gasteiger partial charge in [-0.25, -0.2) is 0 Å². The van der Waals surface area contributed by atoms with Crippen LogP contribution >= 0.6 is 11.8 Å². The van der Waals surface area contributed by atoms with E-state index in [0.29, 0.717) is 0 Å². The number of aromatic amines is 1. The van der Waals surface area contributed by atoms with Crippen molar-refractivity contribution in [3.63, 3.8) is 0 Å². The number of para-hydroxylation sites is 1. The van der Waals surface area contributed by atoms with E-state index in [1.165, 1.54) is 21.5 Å². The molecule has 0 spiro atoms. The number of nitrogen functional groups attached to an aromatic ring is 1. The summed E-state index contributed by atoms with van der Waals surface area (Å²) < 4.78 is 0. The Morgan fingerprint density at radius 2 is 1.89 bits per heavy atom. The van der Waals surface area contributed by atoms with Gasteiger partial charge in [-0.15, -0.1) is 11.8 Å². The molecule has 0 atom stereocenters. The van der Waals surface area contributed by atoms with Crippen LogP contribution in [0.15, 0.2) is 59.6 Å². The fourth-order valence-electron chi connectivity index (χ4n) is 1.97. The maximum absolute atomic E-state index is 5.77. The second kappa shape index (κ2) is 4.78. The molecule has 0 amide bonds. The molecule has 0 unspecified atom stereocenters. The lowest BCUT2D eigenvalue weighted by molar-refractivity contribution is 1.23. The van der Waals surface area contributed by atoms with Gasteiger partial charge in [-0.3, -0.25) is 0 Å². The van der Waals surface area contributed by atoms with E-state index in [1.807, 2.05) is 24.3 Å². The Balaban J connectivity index is 1.76. The highest BCUT2D eigenvalue weighted by Gasteiger charge is 2.01. The average molecular weight is 254 g/mol. The van der Waals surface area contributed by atoms with Crippen LogP contribution in [0, 0.1) is 0 Å². The summed E-state index contributed by atoms with van der Waals surface area (Å²) in [5.41, 5.74) is 9.03. The molecule has 0 bridgehead atoms. The minimum Gasteiger partial charge on any atom is -0.399 e. The zero-order valence-corrected chi connectivity index (χ0v) is 10.7. The van der Waals surface area contributed by atoms with Crippen LogP contribution in [-0.2, 0) is 5.75 Å². The topological polar surface area (TPSA) is 41.8 Å². The van der Waals surface area contributed by atoms with Crippen molar-refractivity contribution in [2.45, 2.75) is 10.8 Å². The van der Waals surface area contributed by atoms with E-state index in [9.17, 15) is 0 Å². The third kappa shape index (κ3) is 2.36. The number of aromatic nitrogens is 1. The lowest BCUT2D eigenvalue weighted by Gasteiger charge is -2.00.